The Bertz CT molecular complexity index is 992. The van der Waals surface area contributed by atoms with Crippen LogP contribution in [0.15, 0.2) is 28.7 Å². The predicted molar refractivity (Wildman–Crippen MR) is 116 cm³/mol. The van der Waals surface area contributed by atoms with Gasteiger partial charge in [0.2, 0.25) is 0 Å². The average molecular weight is 428 g/mol. The first-order valence-electron chi connectivity index (χ1n) is 10.8. The molecule has 2 saturated heterocycles. The SMILES string of the molecule is CC(C)Oc1cc2c(cc1OCC1CO1)oc1cc(OCC3CO3)c(OC(C)C)cc12. The summed E-state index contributed by atoms with van der Waals surface area (Å²) in [5, 5.41) is 1.87. The van der Waals surface area contributed by atoms with Crippen molar-refractivity contribution in [2.75, 3.05) is 26.4 Å². The number of hydrogen-bond donors (Lipinski definition) is 0. The van der Waals surface area contributed by atoms with Crippen LogP contribution in [0, 0.1) is 0 Å². The van der Waals surface area contributed by atoms with E-state index in [0.717, 1.165) is 35.2 Å². The standard InChI is InChI=1S/C24H28O7/c1-13(2)29-23-5-17-18-6-24(30-14(3)4)22(28-12-16-10-26-16)8-20(18)31-19(17)7-21(23)27-11-15-9-25-15/h5-8,13-16H,9-12H2,1-4H3. The third-order valence-corrected chi connectivity index (χ3v) is 4.98. The van der Waals surface area contributed by atoms with Crippen molar-refractivity contribution in [3.63, 3.8) is 0 Å². The minimum Gasteiger partial charge on any atom is -0.487 e. The summed E-state index contributed by atoms with van der Waals surface area (Å²) in [7, 11) is 0. The highest BCUT2D eigenvalue weighted by molar-refractivity contribution is 6.07. The summed E-state index contributed by atoms with van der Waals surface area (Å²) in [5.74, 6) is 2.67. The molecule has 1 aromatic heterocycles. The Labute approximate surface area is 181 Å². The number of epoxide rings is 2. The Balaban J connectivity index is 1.56. The van der Waals surface area contributed by atoms with Gasteiger partial charge in [0.05, 0.1) is 25.4 Å². The molecule has 2 unspecified atom stereocenters. The lowest BCUT2D eigenvalue weighted by Crippen LogP contribution is -2.10. The summed E-state index contributed by atoms with van der Waals surface area (Å²) in [6.07, 6.45) is 0.340. The van der Waals surface area contributed by atoms with E-state index in [-0.39, 0.29) is 24.4 Å². The van der Waals surface area contributed by atoms with Crippen LogP contribution in [0.2, 0.25) is 0 Å². The van der Waals surface area contributed by atoms with Gasteiger partial charge in [-0.25, -0.2) is 0 Å². The highest BCUT2D eigenvalue weighted by atomic mass is 16.6. The average Bonchev–Trinajstić information content (AvgIpc) is 3.62. The van der Waals surface area contributed by atoms with Crippen molar-refractivity contribution in [3.05, 3.63) is 24.3 Å². The molecule has 166 valence electrons. The number of fused-ring (bicyclic) bond motifs is 3. The van der Waals surface area contributed by atoms with E-state index in [0.29, 0.717) is 36.2 Å². The van der Waals surface area contributed by atoms with Crippen molar-refractivity contribution in [3.8, 4) is 23.0 Å². The van der Waals surface area contributed by atoms with Gasteiger partial charge in [-0.2, -0.15) is 0 Å². The van der Waals surface area contributed by atoms with Crippen molar-refractivity contribution in [1.82, 2.24) is 0 Å². The van der Waals surface area contributed by atoms with Crippen LogP contribution in [-0.2, 0) is 9.47 Å². The molecule has 0 spiro atoms. The van der Waals surface area contributed by atoms with Crippen molar-refractivity contribution >= 4 is 21.9 Å². The van der Waals surface area contributed by atoms with Gasteiger partial charge in [0, 0.05) is 22.9 Å². The molecule has 2 aromatic carbocycles. The van der Waals surface area contributed by atoms with Gasteiger partial charge in [-0.1, -0.05) is 0 Å². The van der Waals surface area contributed by atoms with Gasteiger partial charge in [0.15, 0.2) is 23.0 Å². The predicted octanol–water partition coefficient (Wildman–Crippen LogP) is 4.72. The molecule has 2 aliphatic heterocycles. The van der Waals surface area contributed by atoms with Crippen LogP contribution in [0.1, 0.15) is 27.7 Å². The van der Waals surface area contributed by atoms with Crippen LogP contribution in [0.3, 0.4) is 0 Å². The first-order valence-corrected chi connectivity index (χ1v) is 10.8. The molecule has 0 bridgehead atoms. The van der Waals surface area contributed by atoms with Gasteiger partial charge in [0.25, 0.3) is 0 Å². The number of ether oxygens (including phenoxy) is 6. The zero-order valence-electron chi connectivity index (χ0n) is 18.3. The molecule has 31 heavy (non-hydrogen) atoms. The second-order valence-corrected chi connectivity index (χ2v) is 8.56. The van der Waals surface area contributed by atoms with E-state index in [2.05, 4.69) is 0 Å². The zero-order chi connectivity index (χ0) is 21.5. The maximum atomic E-state index is 6.16. The lowest BCUT2D eigenvalue weighted by molar-refractivity contribution is 0.212. The van der Waals surface area contributed by atoms with E-state index in [1.807, 2.05) is 52.0 Å². The molecule has 3 aromatic rings. The van der Waals surface area contributed by atoms with E-state index in [1.54, 1.807) is 0 Å². The van der Waals surface area contributed by atoms with E-state index >= 15 is 0 Å². The maximum Gasteiger partial charge on any atom is 0.165 e. The summed E-state index contributed by atoms with van der Waals surface area (Å²) in [6.45, 7) is 10.4. The van der Waals surface area contributed by atoms with Crippen molar-refractivity contribution in [2.24, 2.45) is 0 Å². The minimum atomic E-state index is 0.0135. The fourth-order valence-electron chi connectivity index (χ4n) is 3.40. The number of hydrogen-bond acceptors (Lipinski definition) is 7. The quantitative estimate of drug-likeness (QED) is 0.433. The second-order valence-electron chi connectivity index (χ2n) is 8.56. The van der Waals surface area contributed by atoms with E-state index < -0.39 is 0 Å². The third-order valence-electron chi connectivity index (χ3n) is 4.98. The molecule has 2 aliphatic rings. The first-order chi connectivity index (χ1) is 15.0. The molecule has 0 aliphatic carbocycles. The number of rotatable bonds is 10. The molecule has 5 rings (SSSR count). The van der Waals surface area contributed by atoms with Crippen LogP contribution < -0.4 is 18.9 Å². The number of furan rings is 1. The second kappa shape index (κ2) is 8.13. The molecule has 2 fully saturated rings. The summed E-state index contributed by atoms with van der Waals surface area (Å²) in [5.41, 5.74) is 1.44. The van der Waals surface area contributed by atoms with E-state index in [9.17, 15) is 0 Å². The topological polar surface area (TPSA) is 75.1 Å². The highest BCUT2D eigenvalue weighted by Gasteiger charge is 2.26. The van der Waals surface area contributed by atoms with Gasteiger partial charge in [0.1, 0.15) is 36.6 Å². The Hall–Kier alpha value is -2.64. The molecule has 0 radical (unpaired) electrons. The van der Waals surface area contributed by atoms with Crippen LogP contribution in [-0.4, -0.2) is 50.8 Å². The molecule has 7 nitrogen and oxygen atoms in total. The van der Waals surface area contributed by atoms with Crippen molar-refractivity contribution < 1.29 is 32.8 Å². The lowest BCUT2D eigenvalue weighted by Gasteiger charge is -2.15. The molecule has 2 atom stereocenters. The van der Waals surface area contributed by atoms with Gasteiger partial charge in [-0.15, -0.1) is 0 Å². The molecular formula is C24H28O7. The molecule has 0 N–H and O–H groups in total. The van der Waals surface area contributed by atoms with Crippen LogP contribution in [0.25, 0.3) is 21.9 Å². The fraction of sp³-hybridized carbons (Fsp3) is 0.500. The molecule has 7 heteroatoms. The third kappa shape index (κ3) is 4.67. The smallest absolute Gasteiger partial charge is 0.165 e. The fourth-order valence-corrected chi connectivity index (χ4v) is 3.40. The summed E-state index contributed by atoms with van der Waals surface area (Å²) >= 11 is 0. The summed E-state index contributed by atoms with van der Waals surface area (Å²) in [6, 6.07) is 7.72. The molecule has 0 amide bonds. The molecule has 0 saturated carbocycles. The highest BCUT2D eigenvalue weighted by Crippen LogP contribution is 2.42. The Kier molecular flexibility index (Phi) is 5.32. The Morgan fingerprint density at radius 1 is 0.710 bits per heavy atom. The van der Waals surface area contributed by atoms with Crippen LogP contribution in [0.4, 0.5) is 0 Å². The van der Waals surface area contributed by atoms with Gasteiger partial charge >= 0.3 is 0 Å². The van der Waals surface area contributed by atoms with Crippen LogP contribution in [0.5, 0.6) is 23.0 Å². The molecule has 3 heterocycles. The van der Waals surface area contributed by atoms with E-state index in [1.165, 1.54) is 0 Å². The first kappa shape index (κ1) is 20.3. The lowest BCUT2D eigenvalue weighted by atomic mass is 10.1. The van der Waals surface area contributed by atoms with Crippen LogP contribution >= 0.6 is 0 Å². The van der Waals surface area contributed by atoms with Gasteiger partial charge < -0.3 is 32.8 Å². The van der Waals surface area contributed by atoms with Crippen molar-refractivity contribution in [1.29, 1.82) is 0 Å². The van der Waals surface area contributed by atoms with Gasteiger partial charge in [-0.05, 0) is 39.8 Å². The largest absolute Gasteiger partial charge is 0.487 e. The normalized spacial score (nSPS) is 19.9. The van der Waals surface area contributed by atoms with Crippen molar-refractivity contribution in [2.45, 2.75) is 52.1 Å². The minimum absolute atomic E-state index is 0.0135. The Morgan fingerprint density at radius 2 is 1.13 bits per heavy atom. The maximum absolute atomic E-state index is 6.16. The van der Waals surface area contributed by atoms with Gasteiger partial charge in [-0.3, -0.25) is 0 Å². The Morgan fingerprint density at radius 3 is 1.48 bits per heavy atom. The molecular weight excluding hydrogens is 400 g/mol. The zero-order valence-corrected chi connectivity index (χ0v) is 18.3. The summed E-state index contributed by atoms with van der Waals surface area (Å²) in [4.78, 5) is 0. The number of benzene rings is 2. The summed E-state index contributed by atoms with van der Waals surface area (Å²) < 4.78 is 40.7. The van der Waals surface area contributed by atoms with E-state index in [4.69, 9.17) is 32.8 Å². The monoisotopic (exact) mass is 428 g/mol.